The Hall–Kier alpha value is -3.19. The number of nitrogens with zero attached hydrogens (tertiary/aromatic N) is 4. The normalized spacial score (nSPS) is 14.1. The lowest BCUT2D eigenvalue weighted by Gasteiger charge is -2.28. The topological polar surface area (TPSA) is 102 Å². The molecule has 0 bridgehead atoms. The lowest BCUT2D eigenvalue weighted by atomic mass is 10.0. The first-order valence-corrected chi connectivity index (χ1v) is 12.3. The van der Waals surface area contributed by atoms with Crippen LogP contribution in [0.3, 0.4) is 0 Å². The van der Waals surface area contributed by atoms with Crippen LogP contribution in [0.4, 0.5) is 5.88 Å². The van der Waals surface area contributed by atoms with E-state index in [0.717, 1.165) is 18.5 Å². The van der Waals surface area contributed by atoms with Gasteiger partial charge >= 0.3 is 0 Å². The maximum atomic E-state index is 13.2. The molecular formula is C24H27N5O3S. The molecule has 0 amide bonds. The van der Waals surface area contributed by atoms with E-state index in [4.69, 9.17) is 4.42 Å². The lowest BCUT2D eigenvalue weighted by Crippen LogP contribution is -2.35. The van der Waals surface area contributed by atoms with Crippen LogP contribution in [-0.4, -0.2) is 56.3 Å². The van der Waals surface area contributed by atoms with E-state index in [-0.39, 0.29) is 16.5 Å². The molecule has 8 nitrogen and oxygen atoms in total. The number of aromatic nitrogens is 1. The summed E-state index contributed by atoms with van der Waals surface area (Å²) >= 11 is 0. The molecule has 172 valence electrons. The van der Waals surface area contributed by atoms with Crippen molar-refractivity contribution in [2.45, 2.75) is 24.3 Å². The van der Waals surface area contributed by atoms with Gasteiger partial charge in [0.05, 0.1) is 4.90 Å². The van der Waals surface area contributed by atoms with Crippen LogP contribution >= 0.6 is 0 Å². The fraction of sp³-hybridized carbons (Fsp3) is 0.333. The van der Waals surface area contributed by atoms with Gasteiger partial charge in [-0.25, -0.2) is 8.42 Å². The van der Waals surface area contributed by atoms with Crippen LogP contribution in [0.2, 0.25) is 0 Å². The Labute approximate surface area is 194 Å². The lowest BCUT2D eigenvalue weighted by molar-refractivity contribution is 0.391. The molecule has 0 fully saturated rings. The van der Waals surface area contributed by atoms with Crippen molar-refractivity contribution in [3.05, 3.63) is 65.4 Å². The number of benzene rings is 2. The summed E-state index contributed by atoms with van der Waals surface area (Å²) < 4.78 is 33.6. The average Bonchev–Trinajstić information content (AvgIpc) is 3.24. The van der Waals surface area contributed by atoms with E-state index < -0.39 is 10.0 Å². The molecule has 33 heavy (non-hydrogen) atoms. The van der Waals surface area contributed by atoms with Gasteiger partial charge < -0.3 is 14.6 Å². The van der Waals surface area contributed by atoms with Crippen molar-refractivity contribution in [2.24, 2.45) is 0 Å². The number of nitriles is 1. The third kappa shape index (κ3) is 5.09. The second-order valence-electron chi connectivity index (χ2n) is 8.27. The summed E-state index contributed by atoms with van der Waals surface area (Å²) in [4.78, 5) is 6.56. The predicted octanol–water partition coefficient (Wildman–Crippen LogP) is 3.32. The predicted molar refractivity (Wildman–Crippen MR) is 126 cm³/mol. The van der Waals surface area contributed by atoms with E-state index in [1.807, 2.05) is 44.4 Å². The van der Waals surface area contributed by atoms with Crippen LogP contribution in [0.15, 0.2) is 57.8 Å². The number of anilines is 1. The van der Waals surface area contributed by atoms with Crippen molar-refractivity contribution in [2.75, 3.05) is 39.0 Å². The monoisotopic (exact) mass is 465 g/mol. The zero-order valence-electron chi connectivity index (χ0n) is 18.8. The Kier molecular flexibility index (Phi) is 6.79. The highest BCUT2D eigenvalue weighted by molar-refractivity contribution is 7.89. The van der Waals surface area contributed by atoms with Gasteiger partial charge in [0.15, 0.2) is 0 Å². The Balaban J connectivity index is 1.49. The van der Waals surface area contributed by atoms with E-state index >= 15 is 0 Å². The molecule has 2 heterocycles. The third-order valence-electron chi connectivity index (χ3n) is 5.64. The first kappa shape index (κ1) is 23.0. The van der Waals surface area contributed by atoms with Crippen molar-refractivity contribution in [1.29, 1.82) is 5.26 Å². The number of hydrogen-bond donors (Lipinski definition) is 1. The summed E-state index contributed by atoms with van der Waals surface area (Å²) in [5, 5.41) is 12.5. The number of nitrogens with one attached hydrogen (secondary N) is 1. The van der Waals surface area contributed by atoms with E-state index in [1.165, 1.54) is 9.87 Å². The summed E-state index contributed by atoms with van der Waals surface area (Å²) in [5.74, 6) is 0.604. The Morgan fingerprint density at radius 1 is 1.15 bits per heavy atom. The van der Waals surface area contributed by atoms with Gasteiger partial charge in [0.1, 0.15) is 6.07 Å². The first-order valence-electron chi connectivity index (χ1n) is 10.9. The molecule has 1 aliphatic rings. The summed E-state index contributed by atoms with van der Waals surface area (Å²) in [5.41, 5.74) is 3.02. The molecule has 9 heteroatoms. The Bertz CT molecular complexity index is 1260. The molecule has 1 N–H and O–H groups in total. The van der Waals surface area contributed by atoms with Gasteiger partial charge in [-0.3, -0.25) is 0 Å². The van der Waals surface area contributed by atoms with E-state index in [9.17, 15) is 13.7 Å². The van der Waals surface area contributed by atoms with Gasteiger partial charge in [0, 0.05) is 25.2 Å². The molecule has 3 aromatic rings. The van der Waals surface area contributed by atoms with E-state index in [1.54, 1.807) is 24.3 Å². The number of hydrogen-bond acceptors (Lipinski definition) is 7. The SMILES string of the molecule is CN(C)CCCNc1oc(-c2ccc(S(=O)(=O)N3CCc4ccccc4C3)cc2)nc1C#N. The van der Waals surface area contributed by atoms with Crippen molar-refractivity contribution < 1.29 is 12.8 Å². The molecule has 0 atom stereocenters. The third-order valence-corrected chi connectivity index (χ3v) is 7.49. The minimum absolute atomic E-state index is 0.179. The minimum Gasteiger partial charge on any atom is -0.419 e. The highest BCUT2D eigenvalue weighted by atomic mass is 32.2. The number of rotatable bonds is 8. The molecular weight excluding hydrogens is 438 g/mol. The van der Waals surface area contributed by atoms with Crippen LogP contribution in [0.5, 0.6) is 0 Å². The highest BCUT2D eigenvalue weighted by Crippen LogP contribution is 2.29. The Morgan fingerprint density at radius 3 is 2.58 bits per heavy atom. The van der Waals surface area contributed by atoms with Crippen molar-refractivity contribution in [3.63, 3.8) is 0 Å². The van der Waals surface area contributed by atoms with Crippen LogP contribution < -0.4 is 5.32 Å². The summed E-state index contributed by atoms with van der Waals surface area (Å²) in [6.45, 7) is 2.38. The Morgan fingerprint density at radius 2 is 1.88 bits per heavy atom. The van der Waals surface area contributed by atoms with Gasteiger partial charge in [-0.2, -0.15) is 14.6 Å². The molecule has 1 aliphatic heterocycles. The number of oxazole rings is 1. The van der Waals surface area contributed by atoms with Crippen LogP contribution in [-0.2, 0) is 23.0 Å². The number of fused-ring (bicyclic) bond motifs is 1. The fourth-order valence-electron chi connectivity index (χ4n) is 3.83. The minimum atomic E-state index is -3.62. The first-order chi connectivity index (χ1) is 15.9. The standard InChI is InChI=1S/C24H27N5O3S/c1-28(2)14-5-13-26-24-22(16-25)27-23(32-24)19-8-10-21(11-9-19)33(30,31)29-15-12-18-6-3-4-7-20(18)17-29/h3-4,6-11,26H,5,12-15,17H2,1-2H3. The molecule has 0 radical (unpaired) electrons. The number of sulfonamides is 1. The van der Waals surface area contributed by atoms with Crippen molar-refractivity contribution in [3.8, 4) is 17.5 Å². The molecule has 4 rings (SSSR count). The molecule has 0 aliphatic carbocycles. The van der Waals surface area contributed by atoms with E-state index in [2.05, 4.69) is 15.2 Å². The van der Waals surface area contributed by atoms with Crippen molar-refractivity contribution in [1.82, 2.24) is 14.2 Å². The fourth-order valence-corrected chi connectivity index (χ4v) is 5.25. The van der Waals surface area contributed by atoms with Gasteiger partial charge in [-0.15, -0.1) is 0 Å². The van der Waals surface area contributed by atoms with E-state index in [0.29, 0.717) is 37.5 Å². The van der Waals surface area contributed by atoms with Gasteiger partial charge in [-0.05, 0) is 68.9 Å². The largest absolute Gasteiger partial charge is 0.419 e. The zero-order valence-corrected chi connectivity index (χ0v) is 19.6. The zero-order chi connectivity index (χ0) is 23.4. The smallest absolute Gasteiger partial charge is 0.243 e. The molecule has 0 saturated heterocycles. The van der Waals surface area contributed by atoms with Gasteiger partial charge in [-0.1, -0.05) is 24.3 Å². The summed E-state index contributed by atoms with van der Waals surface area (Å²) in [6.07, 6.45) is 1.59. The second kappa shape index (κ2) is 9.75. The quantitative estimate of drug-likeness (QED) is 0.509. The molecule has 2 aromatic carbocycles. The van der Waals surface area contributed by atoms with Crippen molar-refractivity contribution >= 4 is 15.9 Å². The molecule has 0 unspecified atom stereocenters. The summed E-state index contributed by atoms with van der Waals surface area (Å²) in [7, 11) is 0.383. The highest BCUT2D eigenvalue weighted by Gasteiger charge is 2.28. The second-order valence-corrected chi connectivity index (χ2v) is 10.2. The average molecular weight is 466 g/mol. The van der Waals surface area contributed by atoms with Crippen LogP contribution in [0.25, 0.3) is 11.5 Å². The molecule has 0 spiro atoms. The maximum Gasteiger partial charge on any atom is 0.243 e. The van der Waals surface area contributed by atoms with Crippen LogP contribution in [0, 0.1) is 11.3 Å². The molecule has 0 saturated carbocycles. The summed E-state index contributed by atoms with van der Waals surface area (Å²) in [6, 6.07) is 16.4. The van der Waals surface area contributed by atoms with Gasteiger partial charge in [0.25, 0.3) is 0 Å². The van der Waals surface area contributed by atoms with Crippen LogP contribution in [0.1, 0.15) is 23.2 Å². The molecule has 1 aromatic heterocycles. The van der Waals surface area contributed by atoms with Gasteiger partial charge in [0.2, 0.25) is 27.5 Å². The maximum absolute atomic E-state index is 13.2.